The Labute approximate surface area is 335 Å². The molecular weight excluding hydrogens is 840 g/mol. The number of ether oxygens (including phenoxy) is 2. The summed E-state index contributed by atoms with van der Waals surface area (Å²) >= 11 is 2.93. The van der Waals surface area contributed by atoms with Crippen molar-refractivity contribution in [2.75, 3.05) is 23.4 Å². The fourth-order valence-electron chi connectivity index (χ4n) is 4.96. The van der Waals surface area contributed by atoms with Crippen LogP contribution >= 0.6 is 34.9 Å². The van der Waals surface area contributed by atoms with Crippen LogP contribution in [0.3, 0.4) is 0 Å². The molecule has 2 N–H and O–H groups in total. The molecule has 2 atom stereocenters. The van der Waals surface area contributed by atoms with Gasteiger partial charge in [-0.1, -0.05) is 11.7 Å². The first-order valence-corrected chi connectivity index (χ1v) is 19.1. The summed E-state index contributed by atoms with van der Waals surface area (Å²) in [4.78, 5) is 95.1. The number of nitro groups is 2. The summed E-state index contributed by atoms with van der Waals surface area (Å²) in [7, 11) is 0. The number of carbonyl (C=O) groups excluding carboxylic acids is 5. The second-order valence-electron chi connectivity index (χ2n) is 11.6. The Kier molecular flexibility index (Phi) is 13.8. The molecule has 25 heteroatoms. The number of nitrogens with one attached hydrogen (secondary N) is 2. The first-order valence-electron chi connectivity index (χ1n) is 16.1. The number of amides is 3. The summed E-state index contributed by atoms with van der Waals surface area (Å²) in [5.41, 5.74) is -0.244. The number of nitro benzene ring substituents is 2. The molecule has 0 bridgehead atoms. The van der Waals surface area contributed by atoms with E-state index < -0.39 is 80.2 Å². The number of hydrogen-bond donors (Lipinski definition) is 2. The number of oxime groups is 1. The summed E-state index contributed by atoms with van der Waals surface area (Å²) in [5, 5.41) is 30.6. The first kappa shape index (κ1) is 42.8. The van der Waals surface area contributed by atoms with Gasteiger partial charge >= 0.3 is 24.0 Å². The van der Waals surface area contributed by atoms with Crippen molar-refractivity contribution < 1.29 is 61.3 Å². The molecule has 5 rings (SSSR count). The molecule has 0 aliphatic carbocycles. The lowest BCUT2D eigenvalue weighted by molar-refractivity contribution is -0.385. The van der Waals surface area contributed by atoms with E-state index in [2.05, 4.69) is 22.0 Å². The number of thiazole rings is 1. The third-order valence-electron chi connectivity index (χ3n) is 7.74. The van der Waals surface area contributed by atoms with Gasteiger partial charge in [-0.05, 0) is 46.4 Å². The molecule has 1 unspecified atom stereocenters. The number of carbonyl (C=O) groups is 5. The van der Waals surface area contributed by atoms with E-state index in [1.807, 2.05) is 0 Å². The van der Waals surface area contributed by atoms with Gasteiger partial charge in [-0.25, -0.2) is 14.6 Å². The smallest absolute Gasteiger partial charge is 0.458 e. The van der Waals surface area contributed by atoms with Crippen LogP contribution in [-0.4, -0.2) is 90.8 Å². The maximum Gasteiger partial charge on any atom is 0.471 e. The van der Waals surface area contributed by atoms with Crippen molar-refractivity contribution in [3.63, 3.8) is 0 Å². The van der Waals surface area contributed by atoms with E-state index in [1.165, 1.54) is 82.8 Å². The molecule has 58 heavy (non-hydrogen) atoms. The van der Waals surface area contributed by atoms with Gasteiger partial charge in [0.25, 0.3) is 23.2 Å². The number of non-ortho nitro benzene ring substituents is 2. The summed E-state index contributed by atoms with van der Waals surface area (Å²) in [5.74, 6) is -5.66. The molecule has 1 saturated heterocycles. The molecule has 2 aromatic carbocycles. The fourth-order valence-corrected chi connectivity index (χ4v) is 7.69. The number of rotatable bonds is 17. The van der Waals surface area contributed by atoms with Gasteiger partial charge in [0.1, 0.15) is 36.0 Å². The summed E-state index contributed by atoms with van der Waals surface area (Å²) in [6.45, 7) is 2.14. The molecule has 2 aliphatic heterocycles. The van der Waals surface area contributed by atoms with Crippen LogP contribution < -0.4 is 10.6 Å². The van der Waals surface area contributed by atoms with Gasteiger partial charge in [0.05, 0.1) is 9.85 Å². The highest BCUT2D eigenvalue weighted by Gasteiger charge is 2.54. The van der Waals surface area contributed by atoms with Crippen LogP contribution in [0.4, 0.5) is 29.7 Å². The van der Waals surface area contributed by atoms with E-state index in [-0.39, 0.29) is 41.8 Å². The summed E-state index contributed by atoms with van der Waals surface area (Å²) in [6, 6.07) is 9.07. The Hall–Kier alpha value is -6.34. The average molecular weight is 866 g/mol. The zero-order valence-electron chi connectivity index (χ0n) is 29.2. The topological polar surface area (TPSA) is 252 Å². The lowest BCUT2D eigenvalue weighted by Gasteiger charge is -2.49. The number of esters is 2. The van der Waals surface area contributed by atoms with Gasteiger partial charge in [0.2, 0.25) is 6.61 Å². The maximum atomic E-state index is 13.6. The largest absolute Gasteiger partial charge is 0.471 e. The lowest BCUT2D eigenvalue weighted by atomic mass is 10.0. The number of alkyl halides is 3. The minimum Gasteiger partial charge on any atom is -0.458 e. The number of fused-ring (bicyclic) bond motifs is 1. The van der Waals surface area contributed by atoms with Gasteiger partial charge in [-0.2, -0.15) is 13.2 Å². The number of hydrogen-bond acceptors (Lipinski definition) is 17. The van der Waals surface area contributed by atoms with Crippen molar-refractivity contribution in [1.82, 2.24) is 15.2 Å². The number of benzene rings is 2. The number of anilines is 1. The van der Waals surface area contributed by atoms with Crippen molar-refractivity contribution in [2.24, 2.45) is 5.16 Å². The van der Waals surface area contributed by atoms with Crippen LogP contribution in [0.1, 0.15) is 16.8 Å². The van der Waals surface area contributed by atoms with E-state index in [9.17, 15) is 57.4 Å². The number of β-lactam (4-membered cyclic amide) rings is 1. The molecular formula is C33H26F3N7O12S3. The summed E-state index contributed by atoms with van der Waals surface area (Å²) in [6.07, 6.45) is -5.26. The zero-order valence-corrected chi connectivity index (χ0v) is 31.6. The first-order chi connectivity index (χ1) is 27.6. The van der Waals surface area contributed by atoms with Crippen molar-refractivity contribution >= 4 is 86.7 Å². The van der Waals surface area contributed by atoms with Crippen LogP contribution in [0.2, 0.25) is 0 Å². The van der Waals surface area contributed by atoms with Gasteiger partial charge < -0.3 is 19.6 Å². The fraction of sp³-hybridized carbons (Fsp3) is 0.242. The Morgan fingerprint density at radius 3 is 2.19 bits per heavy atom. The standard InChI is InChI=1S/C33H26F3N7O12S3/c1-2-56-14-19-15-57-29-25(28(46)41(29)26(19)30(47)54-12-18-5-9-21(10-6-18)43(51)52)38-27(45)24(22-16-58-32(37-22)39-31(48)33(34,35)36)40-55-13-23(44)53-11-17-3-7-20(8-4-17)42(49)50/h2-10,16,25,29H,1,11-15H2,(H,38,45)(H,37,39,48)/b40-24+/t25?,29-/m1/s1. The molecule has 19 nitrogen and oxygen atoms in total. The lowest BCUT2D eigenvalue weighted by Crippen LogP contribution is -2.71. The van der Waals surface area contributed by atoms with Crippen LogP contribution in [0.25, 0.3) is 0 Å². The molecule has 2 aliphatic rings. The average Bonchev–Trinajstić information content (AvgIpc) is 3.66. The molecule has 1 aromatic heterocycles. The highest BCUT2D eigenvalue weighted by Crippen LogP contribution is 2.41. The normalized spacial score (nSPS) is 16.4. The molecule has 3 aromatic rings. The Balaban J connectivity index is 1.30. The van der Waals surface area contributed by atoms with E-state index >= 15 is 0 Å². The molecule has 3 heterocycles. The minimum absolute atomic E-state index is 0.0791. The van der Waals surface area contributed by atoms with Gasteiger partial charge in [-0.15, -0.1) is 34.9 Å². The highest BCUT2D eigenvalue weighted by atomic mass is 32.2. The monoisotopic (exact) mass is 865 g/mol. The van der Waals surface area contributed by atoms with Crippen molar-refractivity contribution in [2.45, 2.75) is 30.8 Å². The Morgan fingerprint density at radius 1 is 1.02 bits per heavy atom. The number of aromatic nitrogens is 1. The molecule has 1 fully saturated rings. The van der Waals surface area contributed by atoms with Gasteiger partial charge in [0, 0.05) is 41.2 Å². The second kappa shape index (κ2) is 18.7. The van der Waals surface area contributed by atoms with E-state index in [0.717, 1.165) is 10.3 Å². The Morgan fingerprint density at radius 2 is 1.62 bits per heavy atom. The molecule has 3 amide bonds. The molecule has 0 radical (unpaired) electrons. The van der Waals surface area contributed by atoms with Gasteiger partial charge in [-0.3, -0.25) is 44.8 Å². The third-order valence-corrected chi connectivity index (χ3v) is 10.6. The predicted molar refractivity (Wildman–Crippen MR) is 200 cm³/mol. The Bertz CT molecular complexity index is 2200. The maximum absolute atomic E-state index is 13.6. The van der Waals surface area contributed by atoms with Crippen LogP contribution in [0, 0.1) is 20.2 Å². The molecule has 0 saturated carbocycles. The van der Waals surface area contributed by atoms with Crippen LogP contribution in [0.5, 0.6) is 0 Å². The number of halogens is 3. The summed E-state index contributed by atoms with van der Waals surface area (Å²) < 4.78 is 49.1. The van der Waals surface area contributed by atoms with Crippen molar-refractivity contribution in [3.8, 4) is 0 Å². The SMILES string of the molecule is C=CSCC1=C(C(=O)OCc2ccc([N+](=O)[O-])cc2)N2C(=O)C(NC(=O)/C(=N/OCC(=O)OCc3ccc([N+](=O)[O-])cc3)c3csc(NC(=O)C(F)(F)F)n3)[C@H]2SC1. The molecule has 304 valence electrons. The van der Waals surface area contributed by atoms with Crippen LogP contribution in [-0.2, 0) is 51.5 Å². The van der Waals surface area contributed by atoms with E-state index in [0.29, 0.717) is 28.0 Å². The van der Waals surface area contributed by atoms with Crippen LogP contribution in [0.15, 0.2) is 82.3 Å². The molecule has 0 spiro atoms. The van der Waals surface area contributed by atoms with E-state index in [4.69, 9.17) is 14.3 Å². The van der Waals surface area contributed by atoms with Crippen molar-refractivity contribution in [3.05, 3.63) is 114 Å². The minimum atomic E-state index is -5.26. The van der Waals surface area contributed by atoms with E-state index in [1.54, 1.807) is 0 Å². The second-order valence-corrected chi connectivity index (χ2v) is 14.5. The third kappa shape index (κ3) is 10.5. The quantitative estimate of drug-likeness (QED) is 0.0634. The highest BCUT2D eigenvalue weighted by molar-refractivity contribution is 8.02. The number of thioether (sulfide) groups is 2. The van der Waals surface area contributed by atoms with Gasteiger partial charge in [0.15, 0.2) is 10.8 Å². The predicted octanol–water partition coefficient (Wildman–Crippen LogP) is 4.20. The number of nitrogens with zero attached hydrogens (tertiary/aromatic N) is 5. The van der Waals surface area contributed by atoms with Crippen molar-refractivity contribution in [1.29, 1.82) is 0 Å². The zero-order chi connectivity index (χ0) is 42.1.